The van der Waals surface area contributed by atoms with Gasteiger partial charge < -0.3 is 5.32 Å². The van der Waals surface area contributed by atoms with Gasteiger partial charge in [0.2, 0.25) is 0 Å². The summed E-state index contributed by atoms with van der Waals surface area (Å²) in [6.07, 6.45) is 0. The molecule has 1 amide bonds. The third kappa shape index (κ3) is 1.59. The van der Waals surface area contributed by atoms with E-state index in [-0.39, 0.29) is 11.1 Å². The van der Waals surface area contributed by atoms with Gasteiger partial charge in [0.05, 0.1) is 15.3 Å². The summed E-state index contributed by atoms with van der Waals surface area (Å²) in [6.45, 7) is 1.81. The van der Waals surface area contributed by atoms with Crippen molar-refractivity contribution in [2.45, 2.75) is 6.92 Å². The zero-order chi connectivity index (χ0) is 11.0. The third-order valence-corrected chi connectivity index (χ3v) is 3.01. The fourth-order valence-electron chi connectivity index (χ4n) is 1.38. The summed E-state index contributed by atoms with van der Waals surface area (Å²) in [5.41, 5.74) is 0.314. The second-order valence-corrected chi connectivity index (χ2v) is 4.32. The summed E-state index contributed by atoms with van der Waals surface area (Å²) >= 11 is 1.41. The molecule has 0 fully saturated rings. The molecule has 0 unspecified atom stereocenters. The van der Waals surface area contributed by atoms with E-state index in [1.807, 2.05) is 6.92 Å². The van der Waals surface area contributed by atoms with Crippen LogP contribution in [-0.4, -0.2) is 17.9 Å². The number of rotatable bonds is 1. The summed E-state index contributed by atoms with van der Waals surface area (Å²) in [7, 11) is 1.47. The molecule has 1 N–H and O–H groups in total. The molecule has 0 atom stereocenters. The van der Waals surface area contributed by atoms with Crippen LogP contribution in [-0.2, 0) is 0 Å². The number of nitrogens with zero attached hydrogens (tertiary/aromatic N) is 1. The normalized spacial score (nSPS) is 10.6. The monoisotopic (exact) mass is 224 g/mol. The molecule has 0 aliphatic carbocycles. The zero-order valence-electron chi connectivity index (χ0n) is 8.30. The maximum Gasteiger partial charge on any atom is 0.254 e. The fourth-order valence-corrected chi connectivity index (χ4v) is 2.21. The largest absolute Gasteiger partial charge is 0.355 e. The van der Waals surface area contributed by atoms with Gasteiger partial charge in [-0.2, -0.15) is 0 Å². The standard InChI is InChI=1S/C10H9FN2OS/c1-5-13-9-7(15-5)4-3-6(8(9)11)10(14)12-2/h3-4H,1-2H3,(H,12,14). The molecule has 3 nitrogen and oxygen atoms in total. The van der Waals surface area contributed by atoms with Crippen LogP contribution in [0.15, 0.2) is 12.1 Å². The van der Waals surface area contributed by atoms with Gasteiger partial charge in [-0.1, -0.05) is 0 Å². The number of thiazole rings is 1. The fraction of sp³-hybridized carbons (Fsp3) is 0.200. The SMILES string of the molecule is CNC(=O)c1ccc2sc(C)nc2c1F. The van der Waals surface area contributed by atoms with E-state index in [9.17, 15) is 9.18 Å². The molecular weight excluding hydrogens is 215 g/mol. The van der Waals surface area contributed by atoms with E-state index in [1.54, 1.807) is 6.07 Å². The first-order valence-electron chi connectivity index (χ1n) is 4.41. The Hall–Kier alpha value is -1.49. The van der Waals surface area contributed by atoms with Crippen molar-refractivity contribution in [2.24, 2.45) is 0 Å². The maximum absolute atomic E-state index is 13.8. The van der Waals surface area contributed by atoms with E-state index >= 15 is 0 Å². The lowest BCUT2D eigenvalue weighted by atomic mass is 10.2. The van der Waals surface area contributed by atoms with Crippen LogP contribution in [0.4, 0.5) is 4.39 Å². The van der Waals surface area contributed by atoms with Crippen LogP contribution in [0.5, 0.6) is 0 Å². The number of carbonyl (C=O) groups excluding carboxylic acids is 1. The summed E-state index contributed by atoms with van der Waals surface area (Å²) in [5, 5.41) is 3.18. The minimum absolute atomic E-state index is 0.0373. The number of amides is 1. The van der Waals surface area contributed by atoms with Crippen LogP contribution < -0.4 is 5.32 Å². The van der Waals surface area contributed by atoms with Gasteiger partial charge in [-0.25, -0.2) is 9.37 Å². The van der Waals surface area contributed by atoms with E-state index < -0.39 is 11.7 Å². The first-order valence-corrected chi connectivity index (χ1v) is 5.23. The molecular formula is C10H9FN2OS. The number of benzene rings is 1. The number of carbonyl (C=O) groups is 1. The van der Waals surface area contributed by atoms with E-state index in [0.717, 1.165) is 9.71 Å². The highest BCUT2D eigenvalue weighted by Gasteiger charge is 2.15. The predicted octanol–water partition coefficient (Wildman–Crippen LogP) is 2.10. The molecule has 15 heavy (non-hydrogen) atoms. The number of hydrogen-bond donors (Lipinski definition) is 1. The molecule has 5 heteroatoms. The minimum Gasteiger partial charge on any atom is -0.355 e. The van der Waals surface area contributed by atoms with Gasteiger partial charge >= 0.3 is 0 Å². The van der Waals surface area contributed by atoms with E-state index in [1.165, 1.54) is 24.5 Å². The molecule has 2 rings (SSSR count). The molecule has 0 saturated heterocycles. The van der Waals surface area contributed by atoms with Crippen molar-refractivity contribution >= 4 is 27.5 Å². The molecule has 0 radical (unpaired) electrons. The van der Waals surface area contributed by atoms with Gasteiger partial charge in [0.1, 0.15) is 5.52 Å². The number of fused-ring (bicyclic) bond motifs is 1. The third-order valence-electron chi connectivity index (χ3n) is 2.08. The van der Waals surface area contributed by atoms with Gasteiger partial charge in [-0.3, -0.25) is 4.79 Å². The highest BCUT2D eigenvalue weighted by atomic mass is 32.1. The topological polar surface area (TPSA) is 42.0 Å². The molecule has 1 aromatic carbocycles. The summed E-state index contributed by atoms with van der Waals surface area (Å²) < 4.78 is 14.6. The minimum atomic E-state index is -0.545. The van der Waals surface area contributed by atoms with Gasteiger partial charge in [-0.15, -0.1) is 11.3 Å². The number of aryl methyl sites for hydroxylation is 1. The molecule has 2 aromatic rings. The van der Waals surface area contributed by atoms with Crippen molar-refractivity contribution in [3.05, 3.63) is 28.5 Å². The molecule has 0 aliphatic heterocycles. The zero-order valence-corrected chi connectivity index (χ0v) is 9.11. The second-order valence-electron chi connectivity index (χ2n) is 3.09. The first kappa shape index (κ1) is 10.0. The van der Waals surface area contributed by atoms with Crippen LogP contribution in [0.25, 0.3) is 10.2 Å². The van der Waals surface area contributed by atoms with Crippen LogP contribution >= 0.6 is 11.3 Å². The maximum atomic E-state index is 13.8. The Balaban J connectivity index is 2.69. The van der Waals surface area contributed by atoms with Gasteiger partial charge in [0, 0.05) is 7.05 Å². The Bertz CT molecular complexity index is 535. The summed E-state index contributed by atoms with van der Waals surface area (Å²) in [6, 6.07) is 3.20. The summed E-state index contributed by atoms with van der Waals surface area (Å²) in [4.78, 5) is 15.4. The van der Waals surface area contributed by atoms with Crippen LogP contribution in [0.1, 0.15) is 15.4 Å². The summed E-state index contributed by atoms with van der Waals surface area (Å²) in [5.74, 6) is -0.976. The Labute approximate surface area is 89.9 Å². The smallest absolute Gasteiger partial charge is 0.254 e. The lowest BCUT2D eigenvalue weighted by Gasteiger charge is -2.01. The molecule has 0 spiro atoms. The Morgan fingerprint density at radius 1 is 1.53 bits per heavy atom. The van der Waals surface area contributed by atoms with Gasteiger partial charge in [-0.05, 0) is 19.1 Å². The number of nitrogens with one attached hydrogen (secondary N) is 1. The number of hydrogen-bond acceptors (Lipinski definition) is 3. The Morgan fingerprint density at radius 3 is 2.93 bits per heavy atom. The van der Waals surface area contributed by atoms with Crippen molar-refractivity contribution in [1.29, 1.82) is 0 Å². The van der Waals surface area contributed by atoms with Crippen molar-refractivity contribution in [3.63, 3.8) is 0 Å². The van der Waals surface area contributed by atoms with Crippen molar-refractivity contribution in [3.8, 4) is 0 Å². The highest BCUT2D eigenvalue weighted by Crippen LogP contribution is 2.25. The Kier molecular flexibility index (Phi) is 2.40. The van der Waals surface area contributed by atoms with Crippen LogP contribution in [0.2, 0.25) is 0 Å². The van der Waals surface area contributed by atoms with E-state index in [2.05, 4.69) is 10.3 Å². The number of halogens is 1. The van der Waals surface area contributed by atoms with Gasteiger partial charge in [0.15, 0.2) is 5.82 Å². The molecule has 0 bridgehead atoms. The van der Waals surface area contributed by atoms with Gasteiger partial charge in [0.25, 0.3) is 5.91 Å². The lowest BCUT2D eigenvalue weighted by Crippen LogP contribution is -2.19. The highest BCUT2D eigenvalue weighted by molar-refractivity contribution is 7.18. The lowest BCUT2D eigenvalue weighted by molar-refractivity contribution is 0.0959. The first-order chi connectivity index (χ1) is 7.13. The van der Waals surface area contributed by atoms with E-state index in [0.29, 0.717) is 0 Å². The van der Waals surface area contributed by atoms with Crippen molar-refractivity contribution in [2.75, 3.05) is 7.05 Å². The molecule has 1 heterocycles. The molecule has 1 aromatic heterocycles. The van der Waals surface area contributed by atoms with Crippen LogP contribution in [0, 0.1) is 12.7 Å². The van der Waals surface area contributed by atoms with E-state index in [4.69, 9.17) is 0 Å². The quantitative estimate of drug-likeness (QED) is 0.806. The number of aromatic nitrogens is 1. The molecule has 0 saturated carbocycles. The van der Waals surface area contributed by atoms with Crippen molar-refractivity contribution < 1.29 is 9.18 Å². The second kappa shape index (κ2) is 3.58. The average Bonchev–Trinajstić information content (AvgIpc) is 2.59. The Morgan fingerprint density at radius 2 is 2.27 bits per heavy atom. The predicted molar refractivity (Wildman–Crippen MR) is 57.7 cm³/mol. The average molecular weight is 224 g/mol. The van der Waals surface area contributed by atoms with Crippen molar-refractivity contribution in [1.82, 2.24) is 10.3 Å². The molecule has 78 valence electrons. The molecule has 0 aliphatic rings. The van der Waals surface area contributed by atoms with Crippen LogP contribution in [0.3, 0.4) is 0 Å².